The Morgan fingerprint density at radius 1 is 1.00 bits per heavy atom. The largest absolute Gasteiger partial charge is 0.493 e. The van der Waals surface area contributed by atoms with Crippen LogP contribution in [0.4, 0.5) is 0 Å². The summed E-state index contributed by atoms with van der Waals surface area (Å²) in [7, 11) is 1.67. The van der Waals surface area contributed by atoms with Gasteiger partial charge in [0, 0.05) is 17.2 Å². The molecular formula is C24H28N2O3. The van der Waals surface area contributed by atoms with Crippen molar-refractivity contribution in [1.82, 2.24) is 10.2 Å². The number of aromatic nitrogens is 2. The molecule has 1 aliphatic rings. The predicted octanol–water partition coefficient (Wildman–Crippen LogP) is 4.72. The molecule has 1 aliphatic carbocycles. The first-order valence-electron chi connectivity index (χ1n) is 10.3. The smallest absolute Gasteiger partial charge is 0.267 e. The fraction of sp³-hybridized carbons (Fsp3) is 0.375. The minimum absolute atomic E-state index is 0.0450. The molecule has 5 nitrogen and oxygen atoms in total. The molecule has 0 bridgehead atoms. The van der Waals surface area contributed by atoms with E-state index in [-0.39, 0.29) is 17.6 Å². The van der Waals surface area contributed by atoms with Crippen molar-refractivity contribution in [3.05, 3.63) is 81.3 Å². The Kier molecular flexibility index (Phi) is 5.74. The quantitative estimate of drug-likeness (QED) is 0.612. The van der Waals surface area contributed by atoms with E-state index in [4.69, 9.17) is 9.47 Å². The molecule has 0 aliphatic heterocycles. The number of benzene rings is 2. The Hall–Kier alpha value is -2.95. The van der Waals surface area contributed by atoms with E-state index in [1.165, 1.54) is 18.4 Å². The Labute approximate surface area is 171 Å². The molecule has 1 heterocycles. The molecule has 1 fully saturated rings. The molecule has 3 aromatic rings. The first-order chi connectivity index (χ1) is 14.2. The van der Waals surface area contributed by atoms with Crippen LogP contribution in [0.15, 0.2) is 53.3 Å². The number of hydrogen-bond donors (Lipinski definition) is 2. The summed E-state index contributed by atoms with van der Waals surface area (Å²) in [6.45, 7) is 1.93. The minimum Gasteiger partial charge on any atom is -0.493 e. The third-order valence-corrected chi connectivity index (χ3v) is 5.89. The highest BCUT2D eigenvalue weighted by atomic mass is 16.5. The molecule has 2 aromatic carbocycles. The summed E-state index contributed by atoms with van der Waals surface area (Å²) in [5.41, 5.74) is 3.90. The number of aromatic amines is 2. The molecule has 1 aromatic heterocycles. The van der Waals surface area contributed by atoms with Crippen LogP contribution in [0.2, 0.25) is 0 Å². The van der Waals surface area contributed by atoms with Crippen LogP contribution >= 0.6 is 0 Å². The lowest BCUT2D eigenvalue weighted by atomic mass is 9.86. The summed E-state index contributed by atoms with van der Waals surface area (Å²) in [5.74, 6) is 1.59. The van der Waals surface area contributed by atoms with Gasteiger partial charge in [-0.15, -0.1) is 0 Å². The molecule has 1 unspecified atom stereocenters. The number of H-pyrrole nitrogens is 2. The summed E-state index contributed by atoms with van der Waals surface area (Å²) in [4.78, 5) is 12.3. The zero-order chi connectivity index (χ0) is 20.2. The second-order valence-electron chi connectivity index (χ2n) is 7.78. The predicted molar refractivity (Wildman–Crippen MR) is 114 cm³/mol. The molecule has 0 amide bonds. The second kappa shape index (κ2) is 8.60. The summed E-state index contributed by atoms with van der Waals surface area (Å²) in [5, 5.41) is 5.64. The van der Waals surface area contributed by atoms with Crippen LogP contribution in [-0.4, -0.2) is 23.4 Å². The topological polar surface area (TPSA) is 67.1 Å². The first kappa shape index (κ1) is 19.4. The van der Waals surface area contributed by atoms with Crippen LogP contribution in [0.1, 0.15) is 54.0 Å². The third-order valence-electron chi connectivity index (χ3n) is 5.89. The van der Waals surface area contributed by atoms with E-state index in [2.05, 4.69) is 34.5 Å². The number of methoxy groups -OCH3 is 1. The molecule has 4 rings (SSSR count). The Morgan fingerprint density at radius 3 is 2.41 bits per heavy atom. The monoisotopic (exact) mass is 392 g/mol. The molecule has 152 valence electrons. The van der Waals surface area contributed by atoms with Crippen molar-refractivity contribution >= 4 is 0 Å². The van der Waals surface area contributed by atoms with Crippen LogP contribution in [-0.2, 0) is 6.42 Å². The number of hydrogen-bond acceptors (Lipinski definition) is 3. The maximum atomic E-state index is 12.3. The van der Waals surface area contributed by atoms with E-state index >= 15 is 0 Å². The van der Waals surface area contributed by atoms with Gasteiger partial charge in [-0.25, -0.2) is 0 Å². The standard InChI is InChI=1S/C24H28N2O3/c1-16-20(24(27)26-25-16)15-21(17-8-4-3-5-9-17)18-12-13-22(28-2)23(14-18)29-19-10-6-7-11-19/h3-5,8-9,12-14,19,21H,6-7,10-11,15H2,1-2H3,(H2,25,26,27). The number of aryl methyl sites for hydroxylation is 1. The Morgan fingerprint density at radius 2 is 1.76 bits per heavy atom. The Balaban J connectivity index is 1.72. The fourth-order valence-electron chi connectivity index (χ4n) is 4.22. The first-order valence-corrected chi connectivity index (χ1v) is 10.3. The average Bonchev–Trinajstić information content (AvgIpc) is 3.37. The van der Waals surface area contributed by atoms with Gasteiger partial charge in [-0.05, 0) is 62.3 Å². The Bertz CT molecular complexity index is 1000. The zero-order valence-electron chi connectivity index (χ0n) is 17.0. The van der Waals surface area contributed by atoms with Gasteiger partial charge in [-0.1, -0.05) is 36.4 Å². The summed E-state index contributed by atoms with van der Waals surface area (Å²) < 4.78 is 11.9. The van der Waals surface area contributed by atoms with Gasteiger partial charge in [0.05, 0.1) is 13.2 Å². The second-order valence-corrected chi connectivity index (χ2v) is 7.78. The summed E-state index contributed by atoms with van der Waals surface area (Å²) in [6, 6.07) is 16.5. The van der Waals surface area contributed by atoms with E-state index in [0.717, 1.165) is 41.2 Å². The number of nitrogens with one attached hydrogen (secondary N) is 2. The van der Waals surface area contributed by atoms with Crippen LogP contribution in [0.5, 0.6) is 11.5 Å². The molecular weight excluding hydrogens is 364 g/mol. The molecule has 29 heavy (non-hydrogen) atoms. The summed E-state index contributed by atoms with van der Waals surface area (Å²) >= 11 is 0. The lowest BCUT2D eigenvalue weighted by Crippen LogP contribution is -2.14. The molecule has 5 heteroatoms. The third kappa shape index (κ3) is 4.24. The van der Waals surface area contributed by atoms with Crippen molar-refractivity contribution in [2.45, 2.75) is 51.0 Å². The molecule has 1 saturated carbocycles. The lowest BCUT2D eigenvalue weighted by Gasteiger charge is -2.21. The van der Waals surface area contributed by atoms with Gasteiger partial charge < -0.3 is 14.6 Å². The van der Waals surface area contributed by atoms with Crippen molar-refractivity contribution in [2.75, 3.05) is 7.11 Å². The van der Waals surface area contributed by atoms with Gasteiger partial charge in [0.2, 0.25) is 0 Å². The lowest BCUT2D eigenvalue weighted by molar-refractivity contribution is 0.200. The number of rotatable bonds is 7. The number of ether oxygens (including phenoxy) is 2. The highest BCUT2D eigenvalue weighted by Crippen LogP contribution is 2.37. The molecule has 0 radical (unpaired) electrons. The van der Waals surface area contributed by atoms with Crippen molar-refractivity contribution in [2.24, 2.45) is 0 Å². The highest BCUT2D eigenvalue weighted by Gasteiger charge is 2.22. The molecule has 0 spiro atoms. The molecule has 0 saturated heterocycles. The maximum absolute atomic E-state index is 12.3. The molecule has 1 atom stereocenters. The average molecular weight is 392 g/mol. The van der Waals surface area contributed by atoms with E-state index in [1.807, 2.05) is 31.2 Å². The van der Waals surface area contributed by atoms with Gasteiger partial charge >= 0.3 is 0 Å². The van der Waals surface area contributed by atoms with Crippen LogP contribution in [0, 0.1) is 6.92 Å². The van der Waals surface area contributed by atoms with Gasteiger partial charge in [0.1, 0.15) is 0 Å². The molecule has 2 N–H and O–H groups in total. The minimum atomic E-state index is -0.0561. The summed E-state index contributed by atoms with van der Waals surface area (Å²) in [6.07, 6.45) is 5.48. The maximum Gasteiger partial charge on any atom is 0.267 e. The van der Waals surface area contributed by atoms with E-state index in [9.17, 15) is 4.79 Å². The van der Waals surface area contributed by atoms with Crippen molar-refractivity contribution < 1.29 is 9.47 Å². The van der Waals surface area contributed by atoms with E-state index in [1.54, 1.807) is 7.11 Å². The van der Waals surface area contributed by atoms with Crippen LogP contribution < -0.4 is 15.0 Å². The van der Waals surface area contributed by atoms with E-state index in [0.29, 0.717) is 6.42 Å². The van der Waals surface area contributed by atoms with Crippen molar-refractivity contribution in [3.8, 4) is 11.5 Å². The van der Waals surface area contributed by atoms with E-state index < -0.39 is 0 Å². The van der Waals surface area contributed by atoms with Gasteiger partial charge in [-0.2, -0.15) is 0 Å². The van der Waals surface area contributed by atoms with Crippen molar-refractivity contribution in [1.29, 1.82) is 0 Å². The SMILES string of the molecule is COc1ccc(C(Cc2c(C)[nH][nH]c2=O)c2ccccc2)cc1OC1CCCC1. The van der Waals surface area contributed by atoms with Gasteiger partial charge in [0.15, 0.2) is 11.5 Å². The van der Waals surface area contributed by atoms with Crippen LogP contribution in [0.3, 0.4) is 0 Å². The normalized spacial score (nSPS) is 15.4. The fourth-order valence-corrected chi connectivity index (χ4v) is 4.22. The van der Waals surface area contributed by atoms with Gasteiger partial charge in [0.25, 0.3) is 5.56 Å². The zero-order valence-corrected chi connectivity index (χ0v) is 17.0. The highest BCUT2D eigenvalue weighted by molar-refractivity contribution is 5.47. The van der Waals surface area contributed by atoms with Crippen molar-refractivity contribution in [3.63, 3.8) is 0 Å². The van der Waals surface area contributed by atoms with Crippen LogP contribution in [0.25, 0.3) is 0 Å². The van der Waals surface area contributed by atoms with Gasteiger partial charge in [-0.3, -0.25) is 9.89 Å².